The fourth-order valence-corrected chi connectivity index (χ4v) is 1.94. The third-order valence-corrected chi connectivity index (χ3v) is 2.98. The van der Waals surface area contributed by atoms with Crippen LogP contribution in [-0.4, -0.2) is 0 Å². The molecule has 0 fully saturated rings. The minimum Gasteiger partial charge on any atom is -0.419 e. The molecule has 2 heterocycles. The standard InChI is InChI=1S/C16H10O4/c1-2-10-4-3-5-13-14(10)20-16(18)12-8-6-11(7-9-12)15(17)19-13/h2-9H,1H2. The predicted octanol–water partition coefficient (Wildman–Crippen LogP) is 3.10. The molecule has 0 N–H and O–H groups in total. The van der Waals surface area contributed by atoms with E-state index < -0.39 is 11.3 Å². The summed E-state index contributed by atoms with van der Waals surface area (Å²) in [7, 11) is 0. The van der Waals surface area contributed by atoms with Gasteiger partial charge in [0.2, 0.25) is 0 Å². The van der Waals surface area contributed by atoms with Gasteiger partial charge in [-0.15, -0.1) is 0 Å². The number of benzene rings is 2. The topological polar surface area (TPSA) is 60.4 Å². The first-order valence-electron chi connectivity index (χ1n) is 5.99. The van der Waals surface area contributed by atoms with Gasteiger partial charge in [0.05, 0.1) is 10.8 Å². The predicted molar refractivity (Wildman–Crippen MR) is 77.4 cm³/mol. The van der Waals surface area contributed by atoms with E-state index in [1.807, 2.05) is 0 Å². The van der Waals surface area contributed by atoms with E-state index >= 15 is 0 Å². The first kappa shape index (κ1) is 12.2. The van der Waals surface area contributed by atoms with Crippen LogP contribution in [0.4, 0.5) is 0 Å². The molecule has 0 radical (unpaired) electrons. The Balaban J connectivity index is 2.68. The van der Waals surface area contributed by atoms with E-state index in [-0.39, 0.29) is 11.2 Å². The highest BCUT2D eigenvalue weighted by Gasteiger charge is 2.03. The van der Waals surface area contributed by atoms with Crippen LogP contribution in [-0.2, 0) is 0 Å². The normalized spacial score (nSPS) is 10.6. The molecule has 0 aliphatic heterocycles. The smallest absolute Gasteiger partial charge is 0.343 e. The highest BCUT2D eigenvalue weighted by atomic mass is 16.4. The van der Waals surface area contributed by atoms with Gasteiger partial charge in [-0.2, -0.15) is 0 Å². The summed E-state index contributed by atoms with van der Waals surface area (Å²) >= 11 is 0. The van der Waals surface area contributed by atoms with Crippen molar-refractivity contribution in [1.29, 1.82) is 0 Å². The summed E-state index contributed by atoms with van der Waals surface area (Å²) in [5.74, 6) is 0. The summed E-state index contributed by atoms with van der Waals surface area (Å²) in [6, 6.07) is 11.1. The Morgan fingerprint density at radius 3 is 2.05 bits per heavy atom. The molecule has 0 saturated heterocycles. The first-order chi connectivity index (χ1) is 9.69. The van der Waals surface area contributed by atoms with Gasteiger partial charge in [-0.1, -0.05) is 24.8 Å². The Hall–Kier alpha value is -2.88. The van der Waals surface area contributed by atoms with Gasteiger partial charge in [0.25, 0.3) is 0 Å². The summed E-state index contributed by atoms with van der Waals surface area (Å²) in [5.41, 5.74) is -0.0350. The van der Waals surface area contributed by atoms with Crippen molar-refractivity contribution in [2.24, 2.45) is 0 Å². The maximum atomic E-state index is 12.1. The molecule has 2 bridgehead atoms. The molecule has 0 atom stereocenters. The van der Waals surface area contributed by atoms with Gasteiger partial charge in [-0.3, -0.25) is 0 Å². The Morgan fingerprint density at radius 2 is 1.45 bits per heavy atom. The molecule has 0 amide bonds. The summed E-state index contributed by atoms with van der Waals surface area (Å²) in [5, 5.41) is 0.742. The van der Waals surface area contributed by atoms with Crippen molar-refractivity contribution < 1.29 is 8.83 Å². The molecule has 4 nitrogen and oxygen atoms in total. The molecule has 0 aliphatic carbocycles. The van der Waals surface area contributed by atoms with Crippen LogP contribution in [0, 0.1) is 0 Å². The average molecular weight is 266 g/mol. The Labute approximate surface area is 113 Å². The third-order valence-electron chi connectivity index (χ3n) is 2.98. The van der Waals surface area contributed by atoms with Gasteiger partial charge in [0.1, 0.15) is 0 Å². The zero-order valence-electron chi connectivity index (χ0n) is 10.5. The van der Waals surface area contributed by atoms with Crippen LogP contribution in [0.3, 0.4) is 0 Å². The van der Waals surface area contributed by atoms with Crippen LogP contribution >= 0.6 is 0 Å². The highest BCUT2D eigenvalue weighted by molar-refractivity contribution is 5.80. The van der Waals surface area contributed by atoms with Gasteiger partial charge < -0.3 is 8.83 Å². The van der Waals surface area contributed by atoms with E-state index in [1.54, 1.807) is 18.2 Å². The number of rotatable bonds is 1. The van der Waals surface area contributed by atoms with Crippen molar-refractivity contribution in [3.8, 4) is 0 Å². The minimum absolute atomic E-state index is 0.197. The lowest BCUT2D eigenvalue weighted by Crippen LogP contribution is -2.00. The molecule has 2 aromatic heterocycles. The first-order valence-corrected chi connectivity index (χ1v) is 5.99. The summed E-state index contributed by atoms with van der Waals surface area (Å²) in [4.78, 5) is 24.0. The lowest BCUT2D eigenvalue weighted by molar-refractivity contribution is 0.532. The van der Waals surface area contributed by atoms with Crippen LogP contribution in [0.5, 0.6) is 0 Å². The number of hydrogen-bond donors (Lipinski definition) is 0. The van der Waals surface area contributed by atoms with Gasteiger partial charge in [-0.25, -0.2) is 9.59 Å². The second-order valence-electron chi connectivity index (χ2n) is 4.24. The Bertz CT molecular complexity index is 941. The molecule has 2 aromatic carbocycles. The van der Waals surface area contributed by atoms with E-state index in [2.05, 4.69) is 6.58 Å². The Morgan fingerprint density at radius 1 is 0.850 bits per heavy atom. The largest absolute Gasteiger partial charge is 0.419 e. The maximum Gasteiger partial charge on any atom is 0.343 e. The average Bonchev–Trinajstić information content (AvgIpc) is 2.48. The van der Waals surface area contributed by atoms with Crippen molar-refractivity contribution >= 4 is 28.0 Å². The zero-order valence-corrected chi connectivity index (χ0v) is 10.5. The molecule has 0 spiro atoms. The molecule has 4 rings (SSSR count). The number of hydrogen-bond acceptors (Lipinski definition) is 4. The van der Waals surface area contributed by atoms with Crippen LogP contribution in [0.25, 0.3) is 28.0 Å². The molecule has 0 saturated carbocycles. The highest BCUT2D eigenvalue weighted by Crippen LogP contribution is 2.16. The quantitative estimate of drug-likeness (QED) is 0.679. The van der Waals surface area contributed by atoms with E-state index in [9.17, 15) is 9.59 Å². The molecule has 4 heteroatoms. The van der Waals surface area contributed by atoms with E-state index in [1.165, 1.54) is 30.3 Å². The Kier molecular flexibility index (Phi) is 2.84. The van der Waals surface area contributed by atoms with Crippen LogP contribution in [0.2, 0.25) is 0 Å². The molecular weight excluding hydrogens is 256 g/mol. The maximum absolute atomic E-state index is 12.1. The van der Waals surface area contributed by atoms with E-state index in [0.29, 0.717) is 16.3 Å². The molecule has 98 valence electrons. The van der Waals surface area contributed by atoms with Crippen molar-refractivity contribution in [2.75, 3.05) is 0 Å². The SMILES string of the molecule is C=Cc1cccc2oc(=O)c3ccc(cc3)c(=O)oc12. The molecule has 0 aliphatic rings. The van der Waals surface area contributed by atoms with Crippen molar-refractivity contribution in [1.82, 2.24) is 0 Å². The molecule has 20 heavy (non-hydrogen) atoms. The van der Waals surface area contributed by atoms with E-state index in [4.69, 9.17) is 8.83 Å². The fraction of sp³-hybridized carbons (Fsp3) is 0. The second kappa shape index (κ2) is 4.66. The van der Waals surface area contributed by atoms with Crippen molar-refractivity contribution in [2.45, 2.75) is 0 Å². The second-order valence-corrected chi connectivity index (χ2v) is 4.24. The molecule has 0 unspecified atom stereocenters. The fourth-order valence-electron chi connectivity index (χ4n) is 1.94. The summed E-state index contributed by atoms with van der Waals surface area (Å²) < 4.78 is 10.6. The van der Waals surface area contributed by atoms with E-state index in [0.717, 1.165) is 0 Å². The number of fused-ring (bicyclic) bond motifs is 4. The molecule has 4 aromatic rings. The lowest BCUT2D eigenvalue weighted by Gasteiger charge is -1.97. The van der Waals surface area contributed by atoms with Gasteiger partial charge in [0, 0.05) is 5.56 Å². The van der Waals surface area contributed by atoms with Crippen molar-refractivity contribution in [3.05, 3.63) is 75.4 Å². The third kappa shape index (κ3) is 1.97. The number of para-hydroxylation sites is 1. The lowest BCUT2D eigenvalue weighted by atomic mass is 10.2. The molecular formula is C16H10O4. The van der Waals surface area contributed by atoms with Gasteiger partial charge in [-0.05, 0) is 30.3 Å². The minimum atomic E-state index is -0.509. The summed E-state index contributed by atoms with van der Waals surface area (Å²) in [6.07, 6.45) is 1.54. The van der Waals surface area contributed by atoms with Crippen LogP contribution in [0.15, 0.2) is 67.5 Å². The summed E-state index contributed by atoms with van der Waals surface area (Å²) in [6.45, 7) is 3.66. The van der Waals surface area contributed by atoms with Crippen molar-refractivity contribution in [3.63, 3.8) is 0 Å². The van der Waals surface area contributed by atoms with Gasteiger partial charge >= 0.3 is 11.3 Å². The van der Waals surface area contributed by atoms with Crippen LogP contribution < -0.4 is 11.3 Å². The van der Waals surface area contributed by atoms with Gasteiger partial charge in [0.15, 0.2) is 11.2 Å². The van der Waals surface area contributed by atoms with Crippen LogP contribution in [0.1, 0.15) is 5.56 Å². The zero-order chi connectivity index (χ0) is 14.1. The monoisotopic (exact) mass is 266 g/mol.